The first-order chi connectivity index (χ1) is 9.06. The van der Waals surface area contributed by atoms with Crippen molar-refractivity contribution >= 4 is 22.6 Å². The maximum absolute atomic E-state index is 13.6. The van der Waals surface area contributed by atoms with Gasteiger partial charge in [-0.15, -0.1) is 0 Å². The van der Waals surface area contributed by atoms with Gasteiger partial charge in [0.2, 0.25) is 0 Å². The van der Waals surface area contributed by atoms with Crippen molar-refractivity contribution in [3.8, 4) is 11.5 Å². The Balaban J connectivity index is 2.28. The minimum atomic E-state index is -0.390. The summed E-state index contributed by atoms with van der Waals surface area (Å²) in [5.41, 5.74) is 1.53. The normalized spacial score (nSPS) is 11.2. The third kappa shape index (κ3) is 1.98. The average Bonchev–Trinajstić information content (AvgIpc) is 2.79. The Kier molecular flexibility index (Phi) is 2.75. The Labute approximate surface area is 114 Å². The van der Waals surface area contributed by atoms with Crippen molar-refractivity contribution in [2.45, 2.75) is 13.8 Å². The lowest BCUT2D eigenvalue weighted by Crippen LogP contribution is -1.95. The number of para-hydroxylation sites is 1. The quantitative estimate of drug-likeness (QED) is 0.622. The highest BCUT2D eigenvalue weighted by Gasteiger charge is 2.15. The zero-order valence-corrected chi connectivity index (χ0v) is 11.1. The van der Waals surface area contributed by atoms with Crippen LogP contribution in [-0.2, 0) is 0 Å². The number of fused-ring (bicyclic) bond motifs is 1. The van der Waals surface area contributed by atoms with E-state index in [0.29, 0.717) is 33.4 Å². The van der Waals surface area contributed by atoms with Gasteiger partial charge in [-0.05, 0) is 26.0 Å². The summed E-state index contributed by atoms with van der Waals surface area (Å²) in [6, 6.07) is 6.54. The molecule has 0 spiro atoms. The van der Waals surface area contributed by atoms with E-state index in [1.165, 1.54) is 6.07 Å². The van der Waals surface area contributed by atoms with E-state index in [9.17, 15) is 4.39 Å². The second-order valence-corrected chi connectivity index (χ2v) is 4.66. The highest BCUT2D eigenvalue weighted by atomic mass is 35.5. The van der Waals surface area contributed by atoms with Gasteiger partial charge in [-0.2, -0.15) is 0 Å². The van der Waals surface area contributed by atoms with E-state index in [1.54, 1.807) is 32.0 Å². The molecule has 0 aliphatic heterocycles. The van der Waals surface area contributed by atoms with Crippen LogP contribution in [0.3, 0.4) is 0 Å². The van der Waals surface area contributed by atoms with Crippen LogP contribution in [0.5, 0.6) is 0 Å². The van der Waals surface area contributed by atoms with Crippen molar-refractivity contribution < 1.29 is 8.81 Å². The number of nitrogens with zero attached hydrogens (tertiary/aromatic N) is 2. The summed E-state index contributed by atoms with van der Waals surface area (Å²) in [5, 5.41) is 1.07. The fourth-order valence-electron chi connectivity index (χ4n) is 1.98. The summed E-state index contributed by atoms with van der Waals surface area (Å²) in [5.74, 6) is 0.648. The molecule has 0 saturated carbocycles. The maximum Gasteiger partial charge on any atom is 0.170 e. The molecule has 0 unspecified atom stereocenters. The lowest BCUT2D eigenvalue weighted by Gasteiger charge is -2.04. The minimum absolute atomic E-state index is 0.226. The SMILES string of the molecule is Cc1nc(Cl)c(C)c(-c2cc3cccc(F)c3o2)n1. The molecule has 0 aliphatic carbocycles. The molecule has 0 amide bonds. The van der Waals surface area contributed by atoms with Gasteiger partial charge >= 0.3 is 0 Å². The van der Waals surface area contributed by atoms with Gasteiger partial charge in [0.1, 0.15) is 16.7 Å². The van der Waals surface area contributed by atoms with E-state index in [0.717, 1.165) is 0 Å². The molecule has 0 radical (unpaired) electrons. The molecule has 2 heterocycles. The van der Waals surface area contributed by atoms with Crippen molar-refractivity contribution in [1.82, 2.24) is 9.97 Å². The Morgan fingerprint density at radius 3 is 2.74 bits per heavy atom. The van der Waals surface area contributed by atoms with Crippen molar-refractivity contribution in [3.05, 3.63) is 46.6 Å². The first kappa shape index (κ1) is 12.1. The van der Waals surface area contributed by atoms with E-state index < -0.39 is 5.82 Å². The molecular formula is C14H10ClFN2O. The fraction of sp³-hybridized carbons (Fsp3) is 0.143. The van der Waals surface area contributed by atoms with Crippen LogP contribution < -0.4 is 0 Å². The van der Waals surface area contributed by atoms with Gasteiger partial charge in [-0.1, -0.05) is 23.7 Å². The van der Waals surface area contributed by atoms with Crippen LogP contribution in [0.1, 0.15) is 11.4 Å². The topological polar surface area (TPSA) is 38.9 Å². The minimum Gasteiger partial charge on any atom is -0.451 e. The molecule has 0 aliphatic rings. The number of aryl methyl sites for hydroxylation is 1. The molecule has 3 rings (SSSR count). The zero-order chi connectivity index (χ0) is 13.6. The standard InChI is InChI=1S/C14H10ClFN2O/c1-7-12(17-8(2)18-14(7)15)11-6-9-4-3-5-10(16)13(9)19-11/h3-6H,1-2H3. The Bertz CT molecular complexity index is 782. The number of benzene rings is 1. The summed E-state index contributed by atoms with van der Waals surface area (Å²) in [7, 11) is 0. The first-order valence-corrected chi connectivity index (χ1v) is 6.13. The van der Waals surface area contributed by atoms with Crippen LogP contribution in [0.15, 0.2) is 28.7 Å². The molecule has 1 aromatic carbocycles. The number of hydrogen-bond acceptors (Lipinski definition) is 3. The number of halogens is 2. The predicted molar refractivity (Wildman–Crippen MR) is 71.7 cm³/mol. The molecule has 5 heteroatoms. The predicted octanol–water partition coefficient (Wildman–Crippen LogP) is 4.30. The van der Waals surface area contributed by atoms with Crippen LogP contribution in [0.25, 0.3) is 22.4 Å². The second-order valence-electron chi connectivity index (χ2n) is 4.30. The van der Waals surface area contributed by atoms with Gasteiger partial charge in [0, 0.05) is 10.9 Å². The maximum atomic E-state index is 13.6. The van der Waals surface area contributed by atoms with E-state index in [1.807, 2.05) is 0 Å². The van der Waals surface area contributed by atoms with Gasteiger partial charge in [-0.25, -0.2) is 14.4 Å². The third-order valence-corrected chi connectivity index (χ3v) is 3.30. The molecule has 3 nitrogen and oxygen atoms in total. The van der Waals surface area contributed by atoms with Crippen molar-refractivity contribution in [1.29, 1.82) is 0 Å². The van der Waals surface area contributed by atoms with Crippen molar-refractivity contribution in [2.24, 2.45) is 0 Å². The number of rotatable bonds is 1. The van der Waals surface area contributed by atoms with Gasteiger partial charge in [0.15, 0.2) is 17.2 Å². The van der Waals surface area contributed by atoms with Crippen molar-refractivity contribution in [2.75, 3.05) is 0 Å². The zero-order valence-electron chi connectivity index (χ0n) is 10.4. The Morgan fingerprint density at radius 2 is 2.00 bits per heavy atom. The fourth-order valence-corrected chi connectivity index (χ4v) is 2.19. The van der Waals surface area contributed by atoms with Crippen LogP contribution in [0.2, 0.25) is 5.15 Å². The molecule has 3 aromatic rings. The Morgan fingerprint density at radius 1 is 1.21 bits per heavy atom. The molecule has 0 N–H and O–H groups in total. The van der Waals surface area contributed by atoms with Gasteiger partial charge in [0.05, 0.1) is 0 Å². The lowest BCUT2D eigenvalue weighted by molar-refractivity contribution is 0.567. The van der Waals surface area contributed by atoms with E-state index in [-0.39, 0.29) is 5.58 Å². The molecule has 2 aromatic heterocycles. The Hall–Kier alpha value is -1.94. The molecule has 0 fully saturated rings. The highest BCUT2D eigenvalue weighted by molar-refractivity contribution is 6.30. The molecular weight excluding hydrogens is 267 g/mol. The summed E-state index contributed by atoms with van der Waals surface area (Å²) >= 11 is 6.03. The van der Waals surface area contributed by atoms with Gasteiger partial charge in [0.25, 0.3) is 0 Å². The lowest BCUT2D eigenvalue weighted by atomic mass is 10.2. The largest absolute Gasteiger partial charge is 0.451 e. The van der Waals surface area contributed by atoms with Crippen LogP contribution >= 0.6 is 11.6 Å². The van der Waals surface area contributed by atoms with E-state index >= 15 is 0 Å². The second kappa shape index (κ2) is 4.31. The summed E-state index contributed by atoms with van der Waals surface area (Å²) in [6.07, 6.45) is 0. The van der Waals surface area contributed by atoms with Crippen molar-refractivity contribution in [3.63, 3.8) is 0 Å². The monoisotopic (exact) mass is 276 g/mol. The van der Waals surface area contributed by atoms with Gasteiger partial charge in [-0.3, -0.25) is 0 Å². The average molecular weight is 277 g/mol. The summed E-state index contributed by atoms with van der Waals surface area (Å²) < 4.78 is 19.2. The molecule has 0 atom stereocenters. The van der Waals surface area contributed by atoms with E-state index in [2.05, 4.69) is 9.97 Å². The van der Waals surface area contributed by atoms with Crippen LogP contribution in [-0.4, -0.2) is 9.97 Å². The first-order valence-electron chi connectivity index (χ1n) is 5.75. The molecule has 19 heavy (non-hydrogen) atoms. The number of aromatic nitrogens is 2. The number of furan rings is 1. The third-order valence-electron chi connectivity index (χ3n) is 2.93. The molecule has 0 saturated heterocycles. The summed E-state index contributed by atoms with van der Waals surface area (Å²) in [4.78, 5) is 8.39. The van der Waals surface area contributed by atoms with Crippen LogP contribution in [0.4, 0.5) is 4.39 Å². The van der Waals surface area contributed by atoms with Gasteiger partial charge < -0.3 is 4.42 Å². The molecule has 96 valence electrons. The number of hydrogen-bond donors (Lipinski definition) is 0. The highest BCUT2D eigenvalue weighted by Crippen LogP contribution is 2.31. The van der Waals surface area contributed by atoms with E-state index in [4.69, 9.17) is 16.0 Å². The molecule has 0 bridgehead atoms. The van der Waals surface area contributed by atoms with Crippen LogP contribution in [0, 0.1) is 19.7 Å². The smallest absolute Gasteiger partial charge is 0.170 e. The summed E-state index contributed by atoms with van der Waals surface area (Å²) in [6.45, 7) is 3.55.